The summed E-state index contributed by atoms with van der Waals surface area (Å²) in [5.74, 6) is 0.300. The molecule has 6 heteroatoms. The van der Waals surface area contributed by atoms with Gasteiger partial charge in [-0.1, -0.05) is 137 Å². The van der Waals surface area contributed by atoms with E-state index in [1.165, 1.54) is 28.8 Å². The second kappa shape index (κ2) is 20.2. The van der Waals surface area contributed by atoms with Gasteiger partial charge in [0.2, 0.25) is 0 Å². The second-order valence-electron chi connectivity index (χ2n) is 11.6. The van der Waals surface area contributed by atoms with Crippen LogP contribution in [0.25, 0.3) is 0 Å². The van der Waals surface area contributed by atoms with Crippen LogP contribution in [0.5, 0.6) is 0 Å². The molecule has 1 fully saturated rings. The van der Waals surface area contributed by atoms with Gasteiger partial charge in [-0.05, 0) is 72.5 Å². The van der Waals surface area contributed by atoms with E-state index < -0.39 is 19.8 Å². The van der Waals surface area contributed by atoms with Crippen LogP contribution in [0, 0.1) is 37.7 Å². The summed E-state index contributed by atoms with van der Waals surface area (Å²) in [4.78, 5) is 4.11. The van der Waals surface area contributed by atoms with E-state index in [-0.39, 0.29) is 34.2 Å². The predicted octanol–water partition coefficient (Wildman–Crippen LogP) is 10.9. The van der Waals surface area contributed by atoms with Crippen molar-refractivity contribution >= 4 is 35.2 Å². The minimum Gasteiger partial charge on any atom is -0.247 e. The summed E-state index contributed by atoms with van der Waals surface area (Å²) >= 11 is 0. The van der Waals surface area contributed by atoms with Crippen LogP contribution in [0.3, 0.4) is 0 Å². The number of rotatable bonds is 7. The van der Waals surface area contributed by atoms with Crippen LogP contribution in [-0.4, -0.2) is 11.9 Å². The Hall–Kier alpha value is -3.52. The van der Waals surface area contributed by atoms with Gasteiger partial charge in [-0.2, -0.15) is 49.6 Å². The first-order chi connectivity index (χ1) is 23.2. The van der Waals surface area contributed by atoms with E-state index >= 15 is 0 Å². The van der Waals surface area contributed by atoms with Crippen molar-refractivity contribution in [3.8, 4) is 0 Å². The largest absolute Gasteiger partial charge is 2.00 e. The third-order valence-corrected chi connectivity index (χ3v) is 9.86. The molecule has 0 bridgehead atoms. The number of benzene rings is 5. The van der Waals surface area contributed by atoms with Gasteiger partial charge in [0.05, 0.1) is 5.69 Å². The Balaban J connectivity index is 0.000000225. The van der Waals surface area contributed by atoms with Gasteiger partial charge in [-0.25, -0.2) is 4.99 Å². The molecule has 0 spiro atoms. The van der Waals surface area contributed by atoms with Crippen LogP contribution in [-0.2, 0) is 16.5 Å². The van der Waals surface area contributed by atoms with Crippen molar-refractivity contribution in [2.24, 2.45) is 4.99 Å². The fourth-order valence-electron chi connectivity index (χ4n) is 5.10. The van der Waals surface area contributed by atoms with Crippen molar-refractivity contribution in [1.82, 2.24) is 0 Å². The Kier molecular flexibility index (Phi) is 16.5. The van der Waals surface area contributed by atoms with Gasteiger partial charge in [-0.15, -0.1) is 0 Å². The molecule has 5 aromatic rings. The van der Waals surface area contributed by atoms with Gasteiger partial charge >= 0.3 is 22.7 Å². The molecule has 0 saturated heterocycles. The van der Waals surface area contributed by atoms with Gasteiger partial charge in [0.15, 0.2) is 0 Å². The molecule has 0 aliphatic heterocycles. The fraction of sp³-hybridized carbons (Fsp3) is 0.163. The summed E-state index contributed by atoms with van der Waals surface area (Å²) in [6.07, 6.45) is 1.58. The molecule has 6 rings (SSSR count). The average molecular weight is 718 g/mol. The molecule has 5 aromatic carbocycles. The number of halogens is 3. The molecule has 1 aliphatic carbocycles. The summed E-state index contributed by atoms with van der Waals surface area (Å²) in [5, 5.41) is 4.19. The molecule has 1 nitrogen and oxygen atoms in total. The van der Waals surface area contributed by atoms with Crippen LogP contribution in [0.2, 0.25) is 0 Å². The Bertz CT molecular complexity index is 1510. The van der Waals surface area contributed by atoms with Gasteiger partial charge in [0.25, 0.3) is 0 Å². The molecule has 0 N–H and O–H groups in total. The first-order valence-corrected chi connectivity index (χ1v) is 17.4. The Morgan fingerprint density at radius 2 is 0.959 bits per heavy atom. The van der Waals surface area contributed by atoms with Gasteiger partial charge in [-0.3, -0.25) is 0 Å². The molecule has 0 aromatic heterocycles. The number of hydrogen-bond acceptors (Lipinski definition) is 1. The van der Waals surface area contributed by atoms with E-state index in [0.717, 1.165) is 11.1 Å². The normalized spacial score (nSPS) is 13.3. The van der Waals surface area contributed by atoms with Crippen molar-refractivity contribution in [3.63, 3.8) is 0 Å². The topological polar surface area (TPSA) is 12.4 Å². The second-order valence-corrected chi connectivity index (χ2v) is 13.9. The average Bonchev–Trinajstić information content (AvgIpc) is 3.64. The van der Waals surface area contributed by atoms with Crippen LogP contribution >= 0.6 is 7.92 Å². The molecule has 1 saturated carbocycles. The number of nitrogens with zero attached hydrogens (tertiary/aromatic N) is 1. The summed E-state index contributed by atoms with van der Waals surface area (Å²) in [5.41, 5.74) is 1.29. The van der Waals surface area contributed by atoms with Gasteiger partial charge in [0, 0.05) is 5.92 Å². The molecule has 0 unspecified atom stereocenters. The monoisotopic (exact) mass is 717 g/mol. The standard InChI is InChI=1S/C19H21F3N.C18H15P.C6H5.Ni/c1-12(2)15-10-7-11-16(13(3)4)17(15)23-18(19(20,21)22)14-8-5-6-9-14;1-4-10-16(11-5-1)19(17-12-6-2-7-13-17)18-14-8-3-9-15-18;1-2-4-6-5-3-1;/h5-13H,1-4H3;1-15H;1-5H;/q;;-1;+2. The van der Waals surface area contributed by atoms with Crippen LogP contribution in [0.4, 0.5) is 18.9 Å². The van der Waals surface area contributed by atoms with Crippen molar-refractivity contribution < 1.29 is 29.7 Å². The molecule has 0 amide bonds. The zero-order chi connectivity index (χ0) is 34.4. The molecular formula is C43H41F3NNiP+. The zero-order valence-corrected chi connectivity index (χ0v) is 30.0. The maximum Gasteiger partial charge on any atom is 2.00 e. The quantitative estimate of drug-likeness (QED) is 0.0688. The summed E-state index contributed by atoms with van der Waals surface area (Å²) < 4.78 is 40.5. The fourth-order valence-corrected chi connectivity index (χ4v) is 7.40. The number of hydrogen-bond donors (Lipinski definition) is 0. The van der Waals surface area contributed by atoms with E-state index in [1.807, 2.05) is 76.2 Å². The minimum atomic E-state index is -4.49. The summed E-state index contributed by atoms with van der Waals surface area (Å²) in [6.45, 7) is 7.87. The SMILES string of the molecule is CC(C)c1cccc(C(C)C)c1N=C([C]1[CH][CH][CH][CH]1)C(F)(F)F.[Ni+2].[c-]1ccccc1.c1ccc(P(c2ccccc2)c2ccccc2)cc1. The van der Waals surface area contributed by atoms with Crippen LogP contribution in [0.15, 0.2) is 145 Å². The summed E-state index contributed by atoms with van der Waals surface area (Å²) in [7, 11) is -0.446. The maximum atomic E-state index is 13.5. The van der Waals surface area contributed by atoms with E-state index in [1.54, 1.807) is 12.8 Å². The molecule has 0 heterocycles. The van der Waals surface area contributed by atoms with Crippen molar-refractivity contribution in [1.29, 1.82) is 0 Å². The number of alkyl halides is 3. The first kappa shape index (κ1) is 39.9. The molecule has 5 radical (unpaired) electrons. The van der Waals surface area contributed by atoms with Crippen LogP contribution in [0.1, 0.15) is 50.7 Å². The minimum absolute atomic E-state index is 0. The van der Waals surface area contributed by atoms with Gasteiger partial charge in [0.1, 0.15) is 5.71 Å². The molecule has 49 heavy (non-hydrogen) atoms. The molecule has 253 valence electrons. The van der Waals surface area contributed by atoms with Crippen molar-refractivity contribution in [3.05, 3.63) is 188 Å². The molecule has 1 aliphatic rings. The van der Waals surface area contributed by atoms with E-state index in [9.17, 15) is 13.2 Å². The third-order valence-electron chi connectivity index (χ3n) is 7.42. The Labute approximate surface area is 302 Å². The number of aliphatic imine (C=N–C) groups is 1. The van der Waals surface area contributed by atoms with Crippen molar-refractivity contribution in [2.45, 2.75) is 45.7 Å². The number of para-hydroxylation sites is 1. The molecular weight excluding hydrogens is 677 g/mol. The van der Waals surface area contributed by atoms with Gasteiger partial charge < -0.3 is 0 Å². The van der Waals surface area contributed by atoms with E-state index in [0.29, 0.717) is 5.69 Å². The Morgan fingerprint density at radius 1 is 0.571 bits per heavy atom. The smallest absolute Gasteiger partial charge is 0.247 e. The molecule has 0 atom stereocenters. The third kappa shape index (κ3) is 12.1. The van der Waals surface area contributed by atoms with E-state index in [2.05, 4.69) is 102 Å². The summed E-state index contributed by atoms with van der Waals surface area (Å²) in [6, 6.07) is 50.4. The van der Waals surface area contributed by atoms with E-state index in [4.69, 9.17) is 0 Å². The maximum absolute atomic E-state index is 13.5. The zero-order valence-electron chi connectivity index (χ0n) is 28.1. The van der Waals surface area contributed by atoms with Crippen molar-refractivity contribution in [2.75, 3.05) is 0 Å². The predicted molar refractivity (Wildman–Crippen MR) is 199 cm³/mol. The van der Waals surface area contributed by atoms with Crippen LogP contribution < -0.4 is 15.9 Å². The first-order valence-electron chi connectivity index (χ1n) is 16.0. The Morgan fingerprint density at radius 3 is 1.27 bits per heavy atom.